The van der Waals surface area contributed by atoms with E-state index in [2.05, 4.69) is 10.2 Å². The van der Waals surface area contributed by atoms with Gasteiger partial charge in [-0.2, -0.15) is 13.2 Å². The van der Waals surface area contributed by atoms with Gasteiger partial charge < -0.3 is 0 Å². The van der Waals surface area contributed by atoms with Crippen LogP contribution in [0.25, 0.3) is 17.1 Å². The third-order valence-corrected chi connectivity index (χ3v) is 5.65. The van der Waals surface area contributed by atoms with Crippen LogP contribution in [0.15, 0.2) is 82.8 Å². The average Bonchev–Trinajstić information content (AvgIpc) is 3.18. The molecular weight excluding hydrogens is 441 g/mol. The van der Waals surface area contributed by atoms with Crippen molar-refractivity contribution in [3.8, 4) is 17.1 Å². The quantitative estimate of drug-likeness (QED) is 0.259. The van der Waals surface area contributed by atoms with Crippen molar-refractivity contribution in [3.05, 3.63) is 94.0 Å². The van der Waals surface area contributed by atoms with Crippen LogP contribution < -0.4 is 0 Å². The summed E-state index contributed by atoms with van der Waals surface area (Å²) in [6, 6.07) is 19.2. The summed E-state index contributed by atoms with van der Waals surface area (Å²) in [4.78, 5) is 10.7. The Morgan fingerprint density at radius 1 is 0.969 bits per heavy atom. The lowest BCUT2D eigenvalue weighted by Gasteiger charge is -2.12. The van der Waals surface area contributed by atoms with Crippen molar-refractivity contribution in [2.75, 3.05) is 0 Å². The second-order valence-electron chi connectivity index (χ2n) is 6.88. The van der Waals surface area contributed by atoms with E-state index in [-0.39, 0.29) is 10.1 Å². The van der Waals surface area contributed by atoms with E-state index in [0.29, 0.717) is 11.9 Å². The molecule has 162 valence electrons. The summed E-state index contributed by atoms with van der Waals surface area (Å²) in [7, 11) is 0. The number of hydrogen-bond acceptors (Lipinski definition) is 5. The lowest BCUT2D eigenvalue weighted by Crippen LogP contribution is -2.06. The molecule has 0 aliphatic carbocycles. The van der Waals surface area contributed by atoms with E-state index < -0.39 is 22.4 Å². The van der Waals surface area contributed by atoms with Crippen molar-refractivity contribution in [3.63, 3.8) is 0 Å². The zero-order chi connectivity index (χ0) is 22.9. The molecule has 0 amide bonds. The fourth-order valence-electron chi connectivity index (χ4n) is 3.06. The van der Waals surface area contributed by atoms with Crippen LogP contribution in [-0.2, 0) is 6.18 Å². The SMILES string of the molecule is Cc1ccc(-n2c(Sc3ccc(C(F)(F)F)cc3[N+](=O)[O-])nnc2-c2ccccc2)cc1. The third kappa shape index (κ3) is 4.35. The molecule has 32 heavy (non-hydrogen) atoms. The first-order chi connectivity index (χ1) is 15.2. The largest absolute Gasteiger partial charge is 0.416 e. The van der Waals surface area contributed by atoms with Crippen LogP contribution in [0.4, 0.5) is 18.9 Å². The Kier molecular flexibility index (Phi) is 5.70. The van der Waals surface area contributed by atoms with Crippen LogP contribution in [-0.4, -0.2) is 19.7 Å². The second kappa shape index (κ2) is 8.46. The van der Waals surface area contributed by atoms with Gasteiger partial charge in [-0.15, -0.1) is 10.2 Å². The Balaban J connectivity index is 1.84. The van der Waals surface area contributed by atoms with Gasteiger partial charge in [0, 0.05) is 17.3 Å². The number of hydrogen-bond donors (Lipinski definition) is 0. The maximum absolute atomic E-state index is 13.0. The Morgan fingerprint density at radius 3 is 2.28 bits per heavy atom. The van der Waals surface area contributed by atoms with Crippen molar-refractivity contribution < 1.29 is 18.1 Å². The molecule has 0 spiro atoms. The van der Waals surface area contributed by atoms with Crippen LogP contribution in [0.3, 0.4) is 0 Å². The fraction of sp³-hybridized carbons (Fsp3) is 0.0909. The normalized spacial score (nSPS) is 11.5. The van der Waals surface area contributed by atoms with Gasteiger partial charge >= 0.3 is 6.18 Å². The molecule has 0 saturated heterocycles. The molecule has 1 aromatic heterocycles. The first-order valence-corrected chi connectivity index (χ1v) is 10.2. The number of alkyl halides is 3. The standard InChI is InChI=1S/C22H15F3N4O2S/c1-14-7-10-17(11-8-14)28-20(15-5-3-2-4-6-15)26-27-21(28)32-19-12-9-16(22(23,24)25)13-18(19)29(30)31/h2-13H,1H3. The van der Waals surface area contributed by atoms with Gasteiger partial charge in [0.15, 0.2) is 5.82 Å². The van der Waals surface area contributed by atoms with Gasteiger partial charge in [-0.3, -0.25) is 14.7 Å². The third-order valence-electron chi connectivity index (χ3n) is 4.64. The maximum Gasteiger partial charge on any atom is 0.416 e. The monoisotopic (exact) mass is 456 g/mol. The van der Waals surface area contributed by atoms with Crippen molar-refractivity contribution >= 4 is 17.4 Å². The number of aromatic nitrogens is 3. The lowest BCUT2D eigenvalue weighted by molar-refractivity contribution is -0.388. The van der Waals surface area contributed by atoms with Crippen molar-refractivity contribution in [2.24, 2.45) is 0 Å². The second-order valence-corrected chi connectivity index (χ2v) is 7.89. The molecule has 0 saturated carbocycles. The van der Waals surface area contributed by atoms with E-state index in [1.54, 1.807) is 4.57 Å². The molecule has 4 rings (SSSR count). The lowest BCUT2D eigenvalue weighted by atomic mass is 10.2. The predicted octanol–water partition coefficient (Wildman–Crippen LogP) is 6.32. The van der Waals surface area contributed by atoms with E-state index in [1.807, 2.05) is 61.5 Å². The molecule has 1 heterocycles. The van der Waals surface area contributed by atoms with Crippen LogP contribution in [0, 0.1) is 17.0 Å². The maximum atomic E-state index is 13.0. The molecule has 0 bridgehead atoms. The fourth-order valence-corrected chi connectivity index (χ4v) is 3.99. The molecule has 0 aliphatic heterocycles. The molecule has 6 nitrogen and oxygen atoms in total. The highest BCUT2D eigenvalue weighted by Gasteiger charge is 2.33. The summed E-state index contributed by atoms with van der Waals surface area (Å²) in [6.45, 7) is 1.94. The summed E-state index contributed by atoms with van der Waals surface area (Å²) in [5.74, 6) is 0.506. The zero-order valence-corrected chi connectivity index (χ0v) is 17.4. The predicted molar refractivity (Wildman–Crippen MR) is 114 cm³/mol. The summed E-state index contributed by atoms with van der Waals surface area (Å²) in [5.41, 5.74) is 0.796. The smallest absolute Gasteiger partial charge is 0.270 e. The first-order valence-electron chi connectivity index (χ1n) is 9.35. The Hall–Kier alpha value is -3.66. The molecule has 10 heteroatoms. The van der Waals surface area contributed by atoms with Crippen LogP contribution >= 0.6 is 11.8 Å². The van der Waals surface area contributed by atoms with Crippen LogP contribution in [0.2, 0.25) is 0 Å². The van der Waals surface area contributed by atoms with Gasteiger partial charge in [0.05, 0.1) is 15.4 Å². The number of nitro groups is 1. The molecule has 0 aliphatic rings. The highest BCUT2D eigenvalue weighted by Crippen LogP contribution is 2.40. The first kappa shape index (κ1) is 21.6. The summed E-state index contributed by atoms with van der Waals surface area (Å²) >= 11 is 0.883. The summed E-state index contributed by atoms with van der Waals surface area (Å²) in [5, 5.41) is 20.2. The van der Waals surface area contributed by atoms with Crippen molar-refractivity contribution in [1.29, 1.82) is 0 Å². The number of nitrogens with zero attached hydrogens (tertiary/aromatic N) is 4. The molecule has 0 unspecified atom stereocenters. The summed E-state index contributed by atoms with van der Waals surface area (Å²) in [6.07, 6.45) is -4.68. The van der Waals surface area contributed by atoms with Gasteiger partial charge in [-0.05, 0) is 43.0 Å². The van der Waals surface area contributed by atoms with E-state index in [9.17, 15) is 23.3 Å². The van der Waals surface area contributed by atoms with Gasteiger partial charge in [-0.25, -0.2) is 0 Å². The average molecular weight is 456 g/mol. The van der Waals surface area contributed by atoms with Gasteiger partial charge in [0.25, 0.3) is 5.69 Å². The highest BCUT2D eigenvalue weighted by atomic mass is 32.2. The molecule has 0 radical (unpaired) electrons. The zero-order valence-electron chi connectivity index (χ0n) is 16.6. The number of benzene rings is 3. The highest BCUT2D eigenvalue weighted by molar-refractivity contribution is 7.99. The summed E-state index contributed by atoms with van der Waals surface area (Å²) < 4.78 is 40.9. The Labute approximate surface area is 184 Å². The minimum Gasteiger partial charge on any atom is -0.270 e. The molecule has 0 N–H and O–H groups in total. The van der Waals surface area contributed by atoms with Gasteiger partial charge in [-0.1, -0.05) is 48.0 Å². The van der Waals surface area contributed by atoms with E-state index in [0.717, 1.165) is 40.7 Å². The Bertz CT molecular complexity index is 1270. The topological polar surface area (TPSA) is 73.8 Å². The molecular formula is C22H15F3N4O2S. The Morgan fingerprint density at radius 2 is 1.66 bits per heavy atom. The van der Waals surface area contributed by atoms with E-state index in [1.165, 1.54) is 0 Å². The number of rotatable bonds is 5. The number of nitro benzene ring substituents is 1. The van der Waals surface area contributed by atoms with Crippen LogP contribution in [0.1, 0.15) is 11.1 Å². The molecule has 0 atom stereocenters. The minimum atomic E-state index is -4.68. The van der Waals surface area contributed by atoms with Crippen molar-refractivity contribution in [2.45, 2.75) is 23.2 Å². The molecule has 4 aromatic rings. The molecule has 3 aromatic carbocycles. The van der Waals surface area contributed by atoms with E-state index in [4.69, 9.17) is 0 Å². The van der Waals surface area contributed by atoms with Crippen LogP contribution in [0.5, 0.6) is 0 Å². The van der Waals surface area contributed by atoms with Gasteiger partial charge in [0.1, 0.15) is 0 Å². The molecule has 0 fully saturated rings. The van der Waals surface area contributed by atoms with Gasteiger partial charge in [0.2, 0.25) is 5.16 Å². The van der Waals surface area contributed by atoms with Crippen molar-refractivity contribution in [1.82, 2.24) is 14.8 Å². The minimum absolute atomic E-state index is 0.0309. The van der Waals surface area contributed by atoms with E-state index >= 15 is 0 Å². The number of halogens is 3. The number of aryl methyl sites for hydroxylation is 1.